The van der Waals surface area contributed by atoms with Gasteiger partial charge in [0.05, 0.1) is 12.1 Å². The molecule has 4 rings (SSSR count). The van der Waals surface area contributed by atoms with E-state index < -0.39 is 18.0 Å². The molecule has 0 heterocycles. The smallest absolute Gasteiger partial charge is 0.224 e. The van der Waals surface area contributed by atoms with Gasteiger partial charge in [0, 0.05) is 45.9 Å². The van der Waals surface area contributed by atoms with Crippen molar-refractivity contribution in [2.45, 2.75) is 69.9 Å². The Morgan fingerprint density at radius 3 is 1.77 bits per heavy atom. The van der Waals surface area contributed by atoms with Gasteiger partial charge in [0.1, 0.15) is 0 Å². The third-order valence-corrected chi connectivity index (χ3v) is 9.81. The van der Waals surface area contributed by atoms with E-state index in [-0.39, 0.29) is 29.9 Å². The van der Waals surface area contributed by atoms with Crippen LogP contribution in [-0.4, -0.2) is 68.7 Å². The van der Waals surface area contributed by atoms with E-state index in [2.05, 4.69) is 38.1 Å². The Bertz CT molecular complexity index is 1860. The van der Waals surface area contributed by atoms with Crippen molar-refractivity contribution in [3.05, 3.63) is 120 Å². The molecule has 0 bridgehead atoms. The van der Waals surface area contributed by atoms with E-state index in [0.717, 1.165) is 46.2 Å². The van der Waals surface area contributed by atoms with Crippen molar-refractivity contribution in [1.29, 1.82) is 0 Å². The number of amides is 1. The van der Waals surface area contributed by atoms with Gasteiger partial charge in [-0.15, -0.1) is 0 Å². The molecule has 4 aromatic carbocycles. The van der Waals surface area contributed by atoms with Crippen LogP contribution in [0, 0.1) is 5.92 Å². The van der Waals surface area contributed by atoms with Crippen LogP contribution in [0.25, 0.3) is 22.3 Å². The number of nitrogens with zero attached hydrogens (tertiary/aromatic N) is 2. The summed E-state index contributed by atoms with van der Waals surface area (Å²) >= 11 is 0. The Balaban J connectivity index is 1.47. The minimum absolute atomic E-state index is 0.0344. The number of hydrogen-bond acceptors (Lipinski definition) is 6. The van der Waals surface area contributed by atoms with Crippen LogP contribution in [0.2, 0.25) is 0 Å². The fraction of sp³-hybridized carbons (Fsp3) is 0.356. The summed E-state index contributed by atoms with van der Waals surface area (Å²) in [4.78, 5) is 49.8. The molecule has 0 radical (unpaired) electrons. The molecular weight excluding hydrogens is 701 g/mol. The molecule has 0 aromatic heterocycles. The van der Waals surface area contributed by atoms with Crippen molar-refractivity contribution >= 4 is 29.4 Å². The van der Waals surface area contributed by atoms with Crippen LogP contribution < -0.4 is 33.2 Å². The van der Waals surface area contributed by atoms with Crippen molar-refractivity contribution in [2.75, 3.05) is 27.2 Å². The van der Waals surface area contributed by atoms with Gasteiger partial charge in [0.25, 0.3) is 0 Å². The average Bonchev–Trinajstić information content (AvgIpc) is 3.22. The minimum Gasteiger partial charge on any atom is -0.370 e. The number of unbranched alkanes of at least 4 members (excludes halogenated alkanes) is 2. The lowest BCUT2D eigenvalue weighted by Gasteiger charge is -2.23. The highest BCUT2D eigenvalue weighted by Gasteiger charge is 2.29. The van der Waals surface area contributed by atoms with E-state index in [9.17, 15) is 14.4 Å². The molecule has 0 aliphatic rings. The predicted octanol–water partition coefficient (Wildman–Crippen LogP) is 5.17. The number of guanidine groups is 2. The van der Waals surface area contributed by atoms with Crippen molar-refractivity contribution in [2.24, 2.45) is 33.1 Å². The third kappa shape index (κ3) is 14.4. The van der Waals surface area contributed by atoms with Crippen LogP contribution in [0.1, 0.15) is 56.1 Å². The molecule has 0 aliphatic carbocycles. The Morgan fingerprint density at radius 1 is 0.679 bits per heavy atom. The molecule has 11 nitrogen and oxygen atoms in total. The largest absolute Gasteiger partial charge is 0.370 e. The first kappa shape index (κ1) is 42.9. The standard InChI is InChI=1S/C45H58N8O3/c1-49-45(50-2)52-28-12-17-38(31-42(55)39(46)29-32-19-23-36(24-20-32)34-13-6-3-7-14-34)43(56)53-40(41(54)18-10-5-11-27-51-44(47)48)30-33-21-25-37(26-22-33)35-15-8-4-9-16-35/h3-4,6-9,13-16,19-26,38-40H,5,10-12,17-18,27-31,46H2,1-2H3,(H,53,56)(H4,47,48,51)(H2,49,50,52)/t38-,39+,40+/m1/s1. The lowest BCUT2D eigenvalue weighted by Crippen LogP contribution is -2.46. The summed E-state index contributed by atoms with van der Waals surface area (Å²) in [5, 5.41) is 9.27. The zero-order valence-electron chi connectivity index (χ0n) is 32.8. The van der Waals surface area contributed by atoms with Crippen LogP contribution in [-0.2, 0) is 27.2 Å². The molecule has 3 atom stereocenters. The number of Topliss-reactive ketones (excluding diaryl/α,β-unsaturated/α-hetero) is 2. The number of rotatable bonds is 22. The highest BCUT2D eigenvalue weighted by Crippen LogP contribution is 2.22. The summed E-state index contributed by atoms with van der Waals surface area (Å²) in [5.41, 5.74) is 23.6. The lowest BCUT2D eigenvalue weighted by atomic mass is 9.90. The number of aliphatic imine (C=N–C) groups is 2. The van der Waals surface area contributed by atoms with E-state index in [4.69, 9.17) is 17.2 Å². The molecule has 0 saturated carbocycles. The van der Waals surface area contributed by atoms with Gasteiger partial charge in [-0.05, 0) is 71.9 Å². The molecule has 9 N–H and O–H groups in total. The number of hydrogen-bond donors (Lipinski definition) is 6. The summed E-state index contributed by atoms with van der Waals surface area (Å²) < 4.78 is 0. The van der Waals surface area contributed by atoms with Gasteiger partial charge >= 0.3 is 0 Å². The second kappa shape index (κ2) is 23.2. The number of carbonyl (C=O) groups excluding carboxylic acids is 3. The Hall–Kier alpha value is -5.81. The molecule has 1 amide bonds. The zero-order chi connectivity index (χ0) is 40.1. The molecule has 0 spiro atoms. The molecular formula is C45H58N8O3. The van der Waals surface area contributed by atoms with Crippen LogP contribution in [0.3, 0.4) is 0 Å². The molecule has 56 heavy (non-hydrogen) atoms. The van der Waals surface area contributed by atoms with Crippen molar-refractivity contribution < 1.29 is 14.4 Å². The van der Waals surface area contributed by atoms with Crippen LogP contribution in [0.5, 0.6) is 0 Å². The summed E-state index contributed by atoms with van der Waals surface area (Å²) in [6, 6.07) is 34.7. The number of carbonyl (C=O) groups is 3. The number of ketones is 2. The van der Waals surface area contributed by atoms with Crippen molar-refractivity contribution in [1.82, 2.24) is 16.0 Å². The third-order valence-electron chi connectivity index (χ3n) is 9.81. The first-order valence-corrected chi connectivity index (χ1v) is 19.5. The molecule has 11 heteroatoms. The maximum Gasteiger partial charge on any atom is 0.224 e. The quantitative estimate of drug-likeness (QED) is 0.0360. The summed E-state index contributed by atoms with van der Waals surface area (Å²) in [5.74, 6) is -0.593. The molecule has 0 saturated heterocycles. The van der Waals surface area contributed by atoms with E-state index in [0.29, 0.717) is 57.6 Å². The first-order chi connectivity index (χ1) is 27.2. The van der Waals surface area contributed by atoms with Gasteiger partial charge in [0.2, 0.25) is 5.91 Å². The van der Waals surface area contributed by atoms with Gasteiger partial charge in [-0.25, -0.2) is 0 Å². The Labute approximate surface area is 331 Å². The second-order valence-corrected chi connectivity index (χ2v) is 14.0. The lowest BCUT2D eigenvalue weighted by molar-refractivity contribution is -0.133. The van der Waals surface area contributed by atoms with Crippen molar-refractivity contribution in [3.63, 3.8) is 0 Å². The van der Waals surface area contributed by atoms with E-state index in [1.54, 1.807) is 14.1 Å². The van der Waals surface area contributed by atoms with Gasteiger partial charge < -0.3 is 33.2 Å². The Kier molecular flexibility index (Phi) is 17.8. The molecule has 0 unspecified atom stereocenters. The van der Waals surface area contributed by atoms with E-state index in [1.807, 2.05) is 97.1 Å². The maximum atomic E-state index is 14.1. The van der Waals surface area contributed by atoms with Gasteiger partial charge in [0.15, 0.2) is 23.5 Å². The Morgan fingerprint density at radius 2 is 1.23 bits per heavy atom. The van der Waals surface area contributed by atoms with Crippen LogP contribution >= 0.6 is 0 Å². The topological polar surface area (TPSA) is 190 Å². The molecule has 296 valence electrons. The SMILES string of the molecule is CN=C(NC)NCCC[C@H](CC(=O)[C@@H](N)Cc1ccc(-c2ccccc2)cc1)C(=O)N[C@@H](Cc1ccc(-c2ccccc2)cc1)C(=O)CCCCCN=C(N)N. The predicted molar refractivity (Wildman–Crippen MR) is 228 cm³/mol. The highest BCUT2D eigenvalue weighted by atomic mass is 16.2. The van der Waals surface area contributed by atoms with E-state index >= 15 is 0 Å². The van der Waals surface area contributed by atoms with Gasteiger partial charge in [-0.2, -0.15) is 0 Å². The minimum atomic E-state index is -0.784. The monoisotopic (exact) mass is 758 g/mol. The van der Waals surface area contributed by atoms with Crippen LogP contribution in [0.4, 0.5) is 0 Å². The molecule has 4 aromatic rings. The normalized spacial score (nSPS) is 12.9. The summed E-state index contributed by atoms with van der Waals surface area (Å²) in [6.45, 7) is 1.04. The number of benzene rings is 4. The zero-order valence-corrected chi connectivity index (χ0v) is 32.8. The fourth-order valence-electron chi connectivity index (χ4n) is 6.59. The second-order valence-electron chi connectivity index (χ2n) is 14.0. The maximum absolute atomic E-state index is 14.1. The fourth-order valence-corrected chi connectivity index (χ4v) is 6.59. The van der Waals surface area contributed by atoms with Crippen molar-refractivity contribution in [3.8, 4) is 22.3 Å². The molecule has 0 aliphatic heterocycles. The first-order valence-electron chi connectivity index (χ1n) is 19.5. The summed E-state index contributed by atoms with van der Waals surface area (Å²) in [7, 11) is 3.46. The average molecular weight is 759 g/mol. The van der Waals surface area contributed by atoms with E-state index in [1.165, 1.54) is 0 Å². The van der Waals surface area contributed by atoms with Crippen LogP contribution in [0.15, 0.2) is 119 Å². The van der Waals surface area contributed by atoms with Gasteiger partial charge in [-0.1, -0.05) is 116 Å². The van der Waals surface area contributed by atoms with Gasteiger partial charge in [-0.3, -0.25) is 24.4 Å². The highest BCUT2D eigenvalue weighted by molar-refractivity contribution is 5.93. The molecule has 0 fully saturated rings. The summed E-state index contributed by atoms with van der Waals surface area (Å²) in [6.07, 6.45) is 4.10. The number of nitrogens with two attached hydrogens (primary N) is 3. The number of nitrogens with one attached hydrogen (secondary N) is 3.